The Labute approximate surface area is 198 Å². The molecule has 10 atom stereocenters. The highest BCUT2D eigenvalue weighted by atomic mass is 16.3. The molecule has 2 heteroatoms. The molecule has 5 aliphatic rings. The van der Waals surface area contributed by atoms with Gasteiger partial charge in [-0.05, 0) is 120 Å². The minimum atomic E-state index is -0.176. The average molecular weight is 445 g/mol. The zero-order valence-electron chi connectivity index (χ0n) is 22.4. The Morgan fingerprint density at radius 2 is 1.03 bits per heavy atom. The van der Waals surface area contributed by atoms with Gasteiger partial charge in [0, 0.05) is 0 Å². The Bertz CT molecular complexity index is 771. The molecule has 2 N–H and O–H groups in total. The largest absolute Gasteiger partial charge is 0.393 e. The summed E-state index contributed by atoms with van der Waals surface area (Å²) < 4.78 is 0. The highest BCUT2D eigenvalue weighted by Gasteiger charge is 2.70. The van der Waals surface area contributed by atoms with E-state index in [9.17, 15) is 10.2 Å². The van der Waals surface area contributed by atoms with Crippen molar-refractivity contribution in [2.75, 3.05) is 0 Å². The molecule has 5 aliphatic carbocycles. The third-order valence-electron chi connectivity index (χ3n) is 13.6. The van der Waals surface area contributed by atoms with Crippen molar-refractivity contribution in [3.8, 4) is 0 Å². The maximum absolute atomic E-state index is 11.8. The van der Waals surface area contributed by atoms with Crippen LogP contribution in [0.2, 0.25) is 0 Å². The van der Waals surface area contributed by atoms with Gasteiger partial charge in [0.25, 0.3) is 0 Å². The molecule has 0 spiro atoms. The van der Waals surface area contributed by atoms with E-state index in [1.165, 1.54) is 57.8 Å². The van der Waals surface area contributed by atoms with Gasteiger partial charge in [0.1, 0.15) is 0 Å². The normalized spacial score (nSPS) is 58.7. The predicted octanol–water partition coefficient (Wildman–Crippen LogP) is 7.22. The van der Waals surface area contributed by atoms with Crippen LogP contribution in [0.1, 0.15) is 120 Å². The topological polar surface area (TPSA) is 40.5 Å². The fourth-order valence-corrected chi connectivity index (χ4v) is 11.7. The highest BCUT2D eigenvalue weighted by molar-refractivity contribution is 5.18. The minimum Gasteiger partial charge on any atom is -0.393 e. The van der Waals surface area contributed by atoms with Gasteiger partial charge in [-0.2, -0.15) is 0 Å². The summed E-state index contributed by atoms with van der Waals surface area (Å²) in [5.41, 5.74) is 1.36. The Kier molecular flexibility index (Phi) is 5.01. The molecule has 0 aliphatic heterocycles. The SMILES string of the molecule is CC1(C)CC[C@]2(C)CC[C@@H]3[C@]4(C)CC[C@H]5C(C)(C)[C@@H](O)CC[C@]5(C)[C@H]4CC[C@@]3(C)[C@@H]2[C@H]1O. The Morgan fingerprint density at radius 3 is 1.72 bits per heavy atom. The zero-order valence-corrected chi connectivity index (χ0v) is 22.4. The minimum absolute atomic E-state index is 0.0316. The summed E-state index contributed by atoms with van der Waals surface area (Å²) in [4.78, 5) is 0. The number of hydrogen-bond acceptors (Lipinski definition) is 2. The quantitative estimate of drug-likeness (QED) is 0.414. The molecule has 32 heavy (non-hydrogen) atoms. The van der Waals surface area contributed by atoms with Crippen LogP contribution in [0.5, 0.6) is 0 Å². The van der Waals surface area contributed by atoms with Crippen LogP contribution in [0.4, 0.5) is 0 Å². The Balaban J connectivity index is 1.54. The molecule has 0 saturated heterocycles. The number of hydrogen-bond donors (Lipinski definition) is 2. The van der Waals surface area contributed by atoms with Crippen LogP contribution in [0.3, 0.4) is 0 Å². The van der Waals surface area contributed by atoms with Gasteiger partial charge in [-0.25, -0.2) is 0 Å². The first-order valence-corrected chi connectivity index (χ1v) is 14.0. The summed E-state index contributed by atoms with van der Waals surface area (Å²) in [6, 6.07) is 0. The molecule has 0 unspecified atom stereocenters. The van der Waals surface area contributed by atoms with Crippen LogP contribution < -0.4 is 0 Å². The Hall–Kier alpha value is -0.0800. The summed E-state index contributed by atoms with van der Waals surface area (Å²) in [6.07, 6.45) is 12.2. The average Bonchev–Trinajstić information content (AvgIpc) is 2.68. The van der Waals surface area contributed by atoms with Gasteiger partial charge in [0.05, 0.1) is 12.2 Å². The molecule has 5 fully saturated rings. The zero-order chi connectivity index (χ0) is 23.5. The molecular formula is C30H52O2. The number of aliphatic hydroxyl groups excluding tert-OH is 2. The molecule has 5 saturated carbocycles. The fraction of sp³-hybridized carbons (Fsp3) is 1.00. The lowest BCUT2D eigenvalue weighted by Gasteiger charge is -2.73. The first kappa shape index (κ1) is 23.7. The monoisotopic (exact) mass is 444 g/mol. The maximum Gasteiger partial charge on any atom is 0.0629 e. The van der Waals surface area contributed by atoms with E-state index in [2.05, 4.69) is 55.4 Å². The van der Waals surface area contributed by atoms with E-state index in [0.29, 0.717) is 28.1 Å². The van der Waals surface area contributed by atoms with E-state index in [1.54, 1.807) is 0 Å². The first-order chi connectivity index (χ1) is 14.6. The van der Waals surface area contributed by atoms with E-state index in [1.807, 2.05) is 0 Å². The van der Waals surface area contributed by atoms with E-state index in [4.69, 9.17) is 0 Å². The Morgan fingerprint density at radius 1 is 0.531 bits per heavy atom. The van der Waals surface area contributed by atoms with Crippen LogP contribution in [-0.2, 0) is 0 Å². The lowest BCUT2D eigenvalue weighted by Crippen LogP contribution is -2.68. The van der Waals surface area contributed by atoms with E-state index in [0.717, 1.165) is 18.3 Å². The van der Waals surface area contributed by atoms with Crippen molar-refractivity contribution in [2.24, 2.45) is 56.2 Å². The maximum atomic E-state index is 11.8. The third kappa shape index (κ3) is 2.78. The molecule has 184 valence electrons. The lowest BCUT2D eigenvalue weighted by molar-refractivity contribution is -0.263. The third-order valence-corrected chi connectivity index (χ3v) is 13.6. The molecule has 0 amide bonds. The van der Waals surface area contributed by atoms with Crippen molar-refractivity contribution in [1.82, 2.24) is 0 Å². The standard InChI is InChI=1S/C30H52O2/c1-25(2)17-18-27(5)13-9-21-29(7)14-10-19-26(3,4)22(31)12-16-28(19,6)20(29)11-15-30(21,8)23(27)24(25)32/h19-24,31-32H,9-18H2,1-8H3/t19-,20+,21+,22-,23+,24+,27-,28-,29+,30+/m0/s1. The summed E-state index contributed by atoms with van der Waals surface area (Å²) in [6.45, 7) is 19.7. The van der Waals surface area contributed by atoms with Crippen molar-refractivity contribution < 1.29 is 10.2 Å². The second-order valence-electron chi connectivity index (χ2n) is 15.7. The highest BCUT2D eigenvalue weighted by Crippen LogP contribution is 2.76. The van der Waals surface area contributed by atoms with Crippen LogP contribution >= 0.6 is 0 Å². The van der Waals surface area contributed by atoms with Gasteiger partial charge in [0.15, 0.2) is 0 Å². The van der Waals surface area contributed by atoms with E-state index >= 15 is 0 Å². The predicted molar refractivity (Wildman–Crippen MR) is 132 cm³/mol. The van der Waals surface area contributed by atoms with Crippen LogP contribution in [0.15, 0.2) is 0 Å². The summed E-state index contributed by atoms with van der Waals surface area (Å²) in [7, 11) is 0. The molecule has 0 radical (unpaired) electrons. The molecule has 0 aromatic carbocycles. The second-order valence-corrected chi connectivity index (χ2v) is 15.7. The molecule has 0 bridgehead atoms. The fourth-order valence-electron chi connectivity index (χ4n) is 11.7. The number of fused-ring (bicyclic) bond motifs is 7. The van der Waals surface area contributed by atoms with Crippen molar-refractivity contribution in [2.45, 2.75) is 132 Å². The number of aliphatic hydroxyl groups is 2. The van der Waals surface area contributed by atoms with Gasteiger partial charge >= 0.3 is 0 Å². The molecule has 0 aromatic heterocycles. The lowest BCUT2D eigenvalue weighted by atomic mass is 9.32. The van der Waals surface area contributed by atoms with Gasteiger partial charge in [0.2, 0.25) is 0 Å². The van der Waals surface area contributed by atoms with Gasteiger partial charge in [-0.3, -0.25) is 0 Å². The molecule has 0 heterocycles. The van der Waals surface area contributed by atoms with Crippen LogP contribution in [0.25, 0.3) is 0 Å². The number of rotatable bonds is 0. The van der Waals surface area contributed by atoms with Gasteiger partial charge in [-0.15, -0.1) is 0 Å². The van der Waals surface area contributed by atoms with E-state index in [-0.39, 0.29) is 28.5 Å². The van der Waals surface area contributed by atoms with Crippen molar-refractivity contribution in [1.29, 1.82) is 0 Å². The molecule has 0 aromatic rings. The van der Waals surface area contributed by atoms with Crippen molar-refractivity contribution in [3.05, 3.63) is 0 Å². The molecule has 2 nitrogen and oxygen atoms in total. The second kappa shape index (κ2) is 6.77. The van der Waals surface area contributed by atoms with Crippen molar-refractivity contribution in [3.63, 3.8) is 0 Å². The van der Waals surface area contributed by atoms with Crippen LogP contribution in [0, 0.1) is 56.2 Å². The molecular weight excluding hydrogens is 392 g/mol. The summed E-state index contributed by atoms with van der Waals surface area (Å²) >= 11 is 0. The van der Waals surface area contributed by atoms with Crippen LogP contribution in [-0.4, -0.2) is 22.4 Å². The van der Waals surface area contributed by atoms with Crippen molar-refractivity contribution >= 4 is 0 Å². The van der Waals surface area contributed by atoms with Gasteiger partial charge in [-0.1, -0.05) is 55.4 Å². The summed E-state index contributed by atoms with van der Waals surface area (Å²) in [5.74, 6) is 2.56. The smallest absolute Gasteiger partial charge is 0.0629 e. The first-order valence-electron chi connectivity index (χ1n) is 14.0. The molecule has 5 rings (SSSR count). The van der Waals surface area contributed by atoms with Gasteiger partial charge < -0.3 is 10.2 Å². The van der Waals surface area contributed by atoms with E-state index < -0.39 is 0 Å². The summed E-state index contributed by atoms with van der Waals surface area (Å²) in [5, 5.41) is 22.7.